The Balaban J connectivity index is 1.92. The molecule has 0 bridgehead atoms. The third-order valence-corrected chi connectivity index (χ3v) is 3.73. The van der Waals surface area contributed by atoms with Crippen molar-refractivity contribution >= 4 is 22.4 Å². The van der Waals surface area contributed by atoms with Crippen LogP contribution in [0.25, 0.3) is 0 Å². The lowest BCUT2D eigenvalue weighted by molar-refractivity contribution is -0.118. The summed E-state index contributed by atoms with van der Waals surface area (Å²) in [5.41, 5.74) is 1.02. The number of thiazole rings is 1. The fourth-order valence-electron chi connectivity index (χ4n) is 2.08. The first-order valence-electron chi connectivity index (χ1n) is 6.51. The van der Waals surface area contributed by atoms with E-state index in [1.807, 2.05) is 5.38 Å². The molecule has 1 aliphatic rings. The van der Waals surface area contributed by atoms with Crippen LogP contribution < -0.4 is 10.6 Å². The van der Waals surface area contributed by atoms with Crippen LogP contribution in [0.15, 0.2) is 5.38 Å². The molecule has 1 unspecified atom stereocenters. The summed E-state index contributed by atoms with van der Waals surface area (Å²) in [6.07, 6.45) is 0.345. The average molecular weight is 303 g/mol. The number of hydrogen-bond donors (Lipinski definition) is 2. The van der Waals surface area contributed by atoms with E-state index in [0.717, 1.165) is 12.1 Å². The SMILES string of the molecule is CC(C)(C)Cc1csc(NC(=O)C2CC(F)(F)CN2)n1. The predicted octanol–water partition coefficient (Wildman–Crippen LogP) is 2.67. The zero-order chi connectivity index (χ0) is 15.0. The number of aromatic nitrogens is 1. The molecule has 1 atom stereocenters. The number of halogens is 2. The number of alkyl halides is 2. The fraction of sp³-hybridized carbons (Fsp3) is 0.692. The average Bonchev–Trinajstić information content (AvgIpc) is 2.83. The van der Waals surface area contributed by atoms with Gasteiger partial charge in [0.2, 0.25) is 5.91 Å². The molecule has 1 saturated heterocycles. The van der Waals surface area contributed by atoms with E-state index in [9.17, 15) is 13.6 Å². The minimum Gasteiger partial charge on any atom is -0.301 e. The van der Waals surface area contributed by atoms with Crippen LogP contribution in [0.2, 0.25) is 0 Å². The third-order valence-electron chi connectivity index (χ3n) is 2.92. The first-order chi connectivity index (χ1) is 9.15. The highest BCUT2D eigenvalue weighted by atomic mass is 32.1. The molecule has 0 saturated carbocycles. The molecule has 1 aromatic heterocycles. The number of carbonyl (C=O) groups is 1. The number of hydrogen-bond acceptors (Lipinski definition) is 4. The van der Waals surface area contributed by atoms with Crippen LogP contribution in [-0.4, -0.2) is 29.4 Å². The number of carbonyl (C=O) groups excluding carboxylic acids is 1. The topological polar surface area (TPSA) is 54.0 Å². The molecule has 2 rings (SSSR count). The highest BCUT2D eigenvalue weighted by Gasteiger charge is 2.42. The Labute approximate surface area is 121 Å². The monoisotopic (exact) mass is 303 g/mol. The van der Waals surface area contributed by atoms with Crippen molar-refractivity contribution in [3.05, 3.63) is 11.1 Å². The second-order valence-electron chi connectivity index (χ2n) is 6.36. The Morgan fingerprint density at radius 1 is 1.60 bits per heavy atom. The fourth-order valence-corrected chi connectivity index (χ4v) is 2.80. The van der Waals surface area contributed by atoms with E-state index in [-0.39, 0.29) is 5.41 Å². The summed E-state index contributed by atoms with van der Waals surface area (Å²) < 4.78 is 26.1. The maximum atomic E-state index is 13.0. The Morgan fingerprint density at radius 2 is 2.30 bits per heavy atom. The zero-order valence-electron chi connectivity index (χ0n) is 11.8. The van der Waals surface area contributed by atoms with Gasteiger partial charge in [-0.1, -0.05) is 20.8 Å². The molecule has 20 heavy (non-hydrogen) atoms. The van der Waals surface area contributed by atoms with E-state index in [4.69, 9.17) is 0 Å². The first-order valence-corrected chi connectivity index (χ1v) is 7.39. The Kier molecular flexibility index (Phi) is 4.11. The molecule has 2 N–H and O–H groups in total. The summed E-state index contributed by atoms with van der Waals surface area (Å²) in [6.45, 7) is 5.87. The van der Waals surface area contributed by atoms with E-state index in [0.29, 0.717) is 5.13 Å². The predicted molar refractivity (Wildman–Crippen MR) is 75.3 cm³/mol. The smallest absolute Gasteiger partial charge is 0.262 e. The minimum absolute atomic E-state index is 0.115. The molecular formula is C13H19F2N3OS. The first kappa shape index (κ1) is 15.3. The number of anilines is 1. The largest absolute Gasteiger partial charge is 0.301 e. The van der Waals surface area contributed by atoms with Crippen LogP contribution in [0.5, 0.6) is 0 Å². The number of nitrogens with zero attached hydrogens (tertiary/aromatic N) is 1. The molecular weight excluding hydrogens is 284 g/mol. The molecule has 1 fully saturated rings. The quantitative estimate of drug-likeness (QED) is 0.902. The third kappa shape index (κ3) is 4.21. The molecule has 4 nitrogen and oxygen atoms in total. The number of amides is 1. The molecule has 7 heteroatoms. The normalized spacial score (nSPS) is 21.9. The van der Waals surface area contributed by atoms with Crippen molar-refractivity contribution in [3.63, 3.8) is 0 Å². The van der Waals surface area contributed by atoms with Crippen molar-refractivity contribution in [1.29, 1.82) is 0 Å². The Morgan fingerprint density at radius 3 is 2.85 bits per heavy atom. The zero-order valence-corrected chi connectivity index (χ0v) is 12.6. The summed E-state index contributed by atoms with van der Waals surface area (Å²) in [5, 5.41) is 7.48. The maximum Gasteiger partial charge on any atom is 0.262 e. The van der Waals surface area contributed by atoms with E-state index in [1.54, 1.807) is 0 Å². The van der Waals surface area contributed by atoms with E-state index < -0.39 is 30.8 Å². The molecule has 2 heterocycles. The standard InChI is InChI=1S/C13H19F2N3OS/c1-12(2,3)4-8-6-20-11(17-8)18-10(19)9-5-13(14,15)7-16-9/h6,9,16H,4-5,7H2,1-3H3,(H,17,18,19). The summed E-state index contributed by atoms with van der Waals surface area (Å²) >= 11 is 1.32. The van der Waals surface area contributed by atoms with Gasteiger partial charge in [-0.2, -0.15) is 0 Å². The van der Waals surface area contributed by atoms with E-state index >= 15 is 0 Å². The van der Waals surface area contributed by atoms with Crippen molar-refractivity contribution in [2.24, 2.45) is 5.41 Å². The minimum atomic E-state index is -2.80. The van der Waals surface area contributed by atoms with Crippen molar-refractivity contribution in [2.45, 2.75) is 45.6 Å². The molecule has 0 radical (unpaired) electrons. The number of nitrogens with one attached hydrogen (secondary N) is 2. The van der Waals surface area contributed by atoms with Gasteiger partial charge >= 0.3 is 0 Å². The van der Waals surface area contributed by atoms with Crippen molar-refractivity contribution in [3.8, 4) is 0 Å². The lowest BCUT2D eigenvalue weighted by Gasteiger charge is -2.15. The molecule has 1 amide bonds. The lowest BCUT2D eigenvalue weighted by atomic mass is 9.91. The van der Waals surface area contributed by atoms with E-state index in [1.165, 1.54) is 11.3 Å². The highest BCUT2D eigenvalue weighted by molar-refractivity contribution is 7.13. The van der Waals surface area contributed by atoms with Crippen LogP contribution in [0.4, 0.5) is 13.9 Å². The summed E-state index contributed by atoms with van der Waals surface area (Å²) in [7, 11) is 0. The lowest BCUT2D eigenvalue weighted by Crippen LogP contribution is -2.35. The molecule has 112 valence electrons. The molecule has 0 spiro atoms. The Bertz CT molecular complexity index is 496. The van der Waals surface area contributed by atoms with Gasteiger partial charge in [0, 0.05) is 11.8 Å². The van der Waals surface area contributed by atoms with Crippen molar-refractivity contribution in [2.75, 3.05) is 11.9 Å². The van der Waals surface area contributed by atoms with Crippen LogP contribution in [0.3, 0.4) is 0 Å². The van der Waals surface area contributed by atoms with Crippen LogP contribution in [0.1, 0.15) is 32.9 Å². The van der Waals surface area contributed by atoms with Crippen LogP contribution in [0, 0.1) is 5.41 Å². The van der Waals surface area contributed by atoms with Crippen molar-refractivity contribution < 1.29 is 13.6 Å². The molecule has 0 aromatic carbocycles. The van der Waals surface area contributed by atoms with Gasteiger partial charge in [0.1, 0.15) is 0 Å². The van der Waals surface area contributed by atoms with Crippen LogP contribution in [-0.2, 0) is 11.2 Å². The highest BCUT2D eigenvalue weighted by Crippen LogP contribution is 2.27. The Hall–Kier alpha value is -1.08. The number of rotatable bonds is 3. The van der Waals surface area contributed by atoms with Gasteiger partial charge in [-0.05, 0) is 11.8 Å². The van der Waals surface area contributed by atoms with Gasteiger partial charge in [0.05, 0.1) is 18.3 Å². The molecule has 1 aliphatic heterocycles. The van der Waals surface area contributed by atoms with Gasteiger partial charge in [0.15, 0.2) is 5.13 Å². The van der Waals surface area contributed by atoms with Gasteiger partial charge in [-0.3, -0.25) is 10.1 Å². The van der Waals surface area contributed by atoms with Gasteiger partial charge in [0.25, 0.3) is 5.92 Å². The molecule has 1 aromatic rings. The second-order valence-corrected chi connectivity index (χ2v) is 7.22. The van der Waals surface area contributed by atoms with Crippen molar-refractivity contribution in [1.82, 2.24) is 10.3 Å². The van der Waals surface area contributed by atoms with Crippen LogP contribution >= 0.6 is 11.3 Å². The van der Waals surface area contributed by atoms with E-state index in [2.05, 4.69) is 36.4 Å². The second kappa shape index (κ2) is 5.37. The molecule has 0 aliphatic carbocycles. The summed E-state index contributed by atoms with van der Waals surface area (Å²) in [5.74, 6) is -3.25. The van der Waals surface area contributed by atoms with Gasteiger partial charge < -0.3 is 5.32 Å². The van der Waals surface area contributed by atoms with Gasteiger partial charge in [-0.15, -0.1) is 11.3 Å². The summed E-state index contributed by atoms with van der Waals surface area (Å²) in [4.78, 5) is 16.2. The van der Waals surface area contributed by atoms with Gasteiger partial charge in [-0.25, -0.2) is 13.8 Å². The summed E-state index contributed by atoms with van der Waals surface area (Å²) in [6, 6.07) is -0.847. The maximum absolute atomic E-state index is 13.0.